The first-order valence-electron chi connectivity index (χ1n) is 7.29. The molecule has 0 aliphatic rings. The van der Waals surface area contributed by atoms with Crippen LogP contribution in [0.4, 0.5) is 0 Å². The predicted molar refractivity (Wildman–Crippen MR) is 94.6 cm³/mol. The number of esters is 1. The number of carbonyl (C=O) groups excluding carboxylic acids is 1. The van der Waals surface area contributed by atoms with Gasteiger partial charge in [-0.15, -0.1) is 11.3 Å². The number of hydrogen-bond donors (Lipinski definition) is 0. The van der Waals surface area contributed by atoms with Crippen LogP contribution in [-0.2, 0) is 22.7 Å². The summed E-state index contributed by atoms with van der Waals surface area (Å²) in [6.45, 7) is 1.56. The van der Waals surface area contributed by atoms with Crippen molar-refractivity contribution >= 4 is 39.1 Å². The number of nitriles is 1. The van der Waals surface area contributed by atoms with Gasteiger partial charge in [-0.3, -0.25) is 14.2 Å². The second-order valence-corrected chi connectivity index (χ2v) is 6.72. The maximum atomic E-state index is 12.8. The van der Waals surface area contributed by atoms with Crippen LogP contribution in [0.3, 0.4) is 0 Å². The van der Waals surface area contributed by atoms with E-state index in [9.17, 15) is 14.9 Å². The van der Waals surface area contributed by atoms with E-state index in [1.54, 1.807) is 30.3 Å². The van der Waals surface area contributed by atoms with Crippen LogP contribution < -0.4 is 5.56 Å². The van der Waals surface area contributed by atoms with Crippen LogP contribution in [0.2, 0.25) is 5.28 Å². The van der Waals surface area contributed by atoms with Gasteiger partial charge in [0.1, 0.15) is 11.3 Å². The number of nitrogens with zero attached hydrogens (tertiary/aromatic N) is 3. The number of hydrogen-bond acceptors (Lipinski definition) is 6. The second kappa shape index (κ2) is 7.05. The van der Waals surface area contributed by atoms with Crippen LogP contribution in [0.1, 0.15) is 22.9 Å². The molecule has 3 rings (SSSR count). The molecule has 0 unspecified atom stereocenters. The number of fused-ring (bicyclic) bond motifs is 1. The normalized spacial score (nSPS) is 10.6. The molecule has 0 saturated heterocycles. The maximum Gasteiger partial charge on any atom is 0.302 e. The summed E-state index contributed by atoms with van der Waals surface area (Å²) in [6.07, 6.45) is 0. The second-order valence-electron chi connectivity index (χ2n) is 5.25. The Labute approximate surface area is 151 Å². The Hall–Kier alpha value is -2.69. The average Bonchev–Trinajstić information content (AvgIpc) is 3.00. The van der Waals surface area contributed by atoms with Crippen molar-refractivity contribution < 1.29 is 9.53 Å². The number of carbonyl (C=O) groups is 1. The zero-order valence-corrected chi connectivity index (χ0v) is 14.7. The minimum Gasteiger partial charge on any atom is -0.460 e. The molecule has 0 spiro atoms. The molecule has 0 bridgehead atoms. The summed E-state index contributed by atoms with van der Waals surface area (Å²) in [7, 11) is 0. The summed E-state index contributed by atoms with van der Waals surface area (Å²) < 4.78 is 6.71. The van der Waals surface area contributed by atoms with Crippen LogP contribution in [0.25, 0.3) is 10.2 Å². The highest BCUT2D eigenvalue weighted by Gasteiger charge is 2.15. The van der Waals surface area contributed by atoms with E-state index >= 15 is 0 Å². The summed E-state index contributed by atoms with van der Waals surface area (Å²) in [6, 6.07) is 10.8. The molecule has 126 valence electrons. The molecule has 0 atom stereocenters. The molecular formula is C17H12ClN3O3S. The number of aromatic nitrogens is 2. The third kappa shape index (κ3) is 3.55. The van der Waals surface area contributed by atoms with Crippen molar-refractivity contribution in [2.75, 3.05) is 0 Å². The van der Waals surface area contributed by atoms with E-state index < -0.39 is 5.97 Å². The molecule has 0 fully saturated rings. The van der Waals surface area contributed by atoms with E-state index in [1.165, 1.54) is 22.8 Å². The Morgan fingerprint density at radius 1 is 1.44 bits per heavy atom. The van der Waals surface area contributed by atoms with E-state index in [4.69, 9.17) is 16.3 Å². The predicted octanol–water partition coefficient (Wildman–Crippen LogP) is 3.09. The van der Waals surface area contributed by atoms with Crippen LogP contribution in [0, 0.1) is 11.3 Å². The van der Waals surface area contributed by atoms with Crippen molar-refractivity contribution in [3.05, 3.63) is 62.0 Å². The fourth-order valence-electron chi connectivity index (χ4n) is 2.35. The van der Waals surface area contributed by atoms with Crippen LogP contribution in [0.15, 0.2) is 35.1 Å². The zero-order chi connectivity index (χ0) is 18.0. The van der Waals surface area contributed by atoms with Gasteiger partial charge >= 0.3 is 5.97 Å². The first-order chi connectivity index (χ1) is 12.0. The molecule has 0 saturated carbocycles. The average molecular weight is 374 g/mol. The fraction of sp³-hybridized carbons (Fsp3) is 0.176. The maximum absolute atomic E-state index is 12.8. The largest absolute Gasteiger partial charge is 0.460 e. The highest BCUT2D eigenvalue weighted by atomic mass is 35.5. The molecule has 2 aromatic heterocycles. The van der Waals surface area contributed by atoms with Gasteiger partial charge in [-0.1, -0.05) is 18.2 Å². The van der Waals surface area contributed by atoms with Crippen LogP contribution in [0.5, 0.6) is 0 Å². The lowest BCUT2D eigenvalue weighted by Crippen LogP contribution is -2.22. The van der Waals surface area contributed by atoms with Crippen molar-refractivity contribution in [1.29, 1.82) is 5.26 Å². The SMILES string of the molecule is CC(=O)OCc1cc2nc(Cl)n(Cc3ccccc3C#N)c(=O)c2s1. The van der Waals surface area contributed by atoms with E-state index in [0.29, 0.717) is 26.2 Å². The molecule has 0 aliphatic carbocycles. The van der Waals surface area contributed by atoms with Crippen molar-refractivity contribution in [1.82, 2.24) is 9.55 Å². The third-order valence-electron chi connectivity index (χ3n) is 3.52. The minimum absolute atomic E-state index is 0.0436. The monoisotopic (exact) mass is 373 g/mol. The summed E-state index contributed by atoms with van der Waals surface area (Å²) in [4.78, 5) is 28.6. The Morgan fingerprint density at radius 3 is 2.92 bits per heavy atom. The number of rotatable bonds is 4. The van der Waals surface area contributed by atoms with Gasteiger partial charge < -0.3 is 4.74 Å². The number of thiophene rings is 1. The van der Waals surface area contributed by atoms with Gasteiger partial charge in [-0.2, -0.15) is 5.26 Å². The van der Waals surface area contributed by atoms with E-state index in [2.05, 4.69) is 11.1 Å². The smallest absolute Gasteiger partial charge is 0.302 e. The zero-order valence-electron chi connectivity index (χ0n) is 13.2. The Bertz CT molecular complexity index is 1070. The van der Waals surface area contributed by atoms with Gasteiger partial charge in [0.25, 0.3) is 5.56 Å². The van der Waals surface area contributed by atoms with Gasteiger partial charge in [0.15, 0.2) is 0 Å². The number of halogens is 1. The molecule has 0 radical (unpaired) electrons. The summed E-state index contributed by atoms with van der Waals surface area (Å²) in [5, 5.41) is 9.23. The number of benzene rings is 1. The quantitative estimate of drug-likeness (QED) is 0.518. The fourth-order valence-corrected chi connectivity index (χ4v) is 3.54. The van der Waals surface area contributed by atoms with Crippen LogP contribution >= 0.6 is 22.9 Å². The molecule has 0 amide bonds. The van der Waals surface area contributed by atoms with Gasteiger partial charge in [-0.25, -0.2) is 4.98 Å². The summed E-state index contributed by atoms with van der Waals surface area (Å²) in [5.74, 6) is -0.394. The van der Waals surface area contributed by atoms with Gasteiger partial charge in [0, 0.05) is 11.8 Å². The lowest BCUT2D eigenvalue weighted by molar-refractivity contribution is -0.142. The topological polar surface area (TPSA) is 85.0 Å². The van der Waals surface area contributed by atoms with E-state index in [0.717, 1.165) is 0 Å². The molecule has 6 nitrogen and oxygen atoms in total. The van der Waals surface area contributed by atoms with Crippen molar-refractivity contribution in [2.45, 2.75) is 20.1 Å². The molecule has 1 aromatic carbocycles. The van der Waals surface area contributed by atoms with Gasteiger partial charge in [0.2, 0.25) is 5.28 Å². The standard InChI is InChI=1S/C17H12ClN3O3S/c1-10(22)24-9-13-6-14-15(25-13)16(23)21(17(18)20-14)8-12-5-3-2-4-11(12)7-19/h2-6H,8-9H2,1H3. The number of ether oxygens (including phenoxy) is 1. The third-order valence-corrected chi connectivity index (χ3v) is 4.90. The first kappa shape index (κ1) is 17.1. The molecular weight excluding hydrogens is 362 g/mol. The lowest BCUT2D eigenvalue weighted by atomic mass is 10.1. The molecule has 0 N–H and O–H groups in total. The minimum atomic E-state index is -0.394. The summed E-state index contributed by atoms with van der Waals surface area (Å²) in [5.41, 5.74) is 1.34. The van der Waals surface area contributed by atoms with Crippen molar-refractivity contribution in [3.63, 3.8) is 0 Å². The van der Waals surface area contributed by atoms with E-state index in [-0.39, 0.29) is 24.0 Å². The highest BCUT2D eigenvalue weighted by Crippen LogP contribution is 2.24. The Balaban J connectivity index is 2.03. The lowest BCUT2D eigenvalue weighted by Gasteiger charge is -2.09. The Kier molecular flexibility index (Phi) is 4.83. The van der Waals surface area contributed by atoms with Crippen molar-refractivity contribution in [3.8, 4) is 6.07 Å². The van der Waals surface area contributed by atoms with E-state index in [1.807, 2.05) is 0 Å². The van der Waals surface area contributed by atoms with Gasteiger partial charge in [-0.05, 0) is 29.3 Å². The first-order valence-corrected chi connectivity index (χ1v) is 8.49. The van der Waals surface area contributed by atoms with Crippen molar-refractivity contribution in [2.24, 2.45) is 0 Å². The molecule has 25 heavy (non-hydrogen) atoms. The molecule has 2 heterocycles. The highest BCUT2D eigenvalue weighted by molar-refractivity contribution is 7.18. The molecule has 0 aliphatic heterocycles. The molecule has 3 aromatic rings. The molecule has 8 heteroatoms. The Morgan fingerprint density at radius 2 is 2.20 bits per heavy atom. The summed E-state index contributed by atoms with van der Waals surface area (Å²) >= 11 is 7.39. The van der Waals surface area contributed by atoms with Crippen LogP contribution in [-0.4, -0.2) is 15.5 Å². The van der Waals surface area contributed by atoms with Gasteiger partial charge in [0.05, 0.1) is 23.7 Å².